The molecule has 10 heteroatoms. The number of nitro benzene ring substituents is 1. The Morgan fingerprint density at radius 2 is 2.07 bits per heavy atom. The van der Waals surface area contributed by atoms with E-state index in [1.54, 1.807) is 23.6 Å². The summed E-state index contributed by atoms with van der Waals surface area (Å²) in [5.74, 6) is -0.0114. The molecule has 0 radical (unpaired) electrons. The van der Waals surface area contributed by atoms with E-state index >= 15 is 0 Å². The number of anilines is 1. The topological polar surface area (TPSA) is 94.4 Å². The van der Waals surface area contributed by atoms with Crippen LogP contribution in [0.2, 0.25) is 10.0 Å². The van der Waals surface area contributed by atoms with Crippen molar-refractivity contribution in [3.05, 3.63) is 78.6 Å². The second-order valence-electron chi connectivity index (χ2n) is 5.27. The van der Waals surface area contributed by atoms with Crippen LogP contribution in [0.5, 0.6) is 5.75 Å². The number of para-hydroxylation sites is 2. The molecule has 0 aliphatic carbocycles. The van der Waals surface area contributed by atoms with Crippen molar-refractivity contribution in [2.24, 2.45) is 0 Å². The third-order valence-corrected chi connectivity index (χ3v) is 4.85. The molecular formula is C17H11Cl2N3O4S. The molecule has 0 fully saturated rings. The lowest BCUT2D eigenvalue weighted by atomic mass is 10.3. The van der Waals surface area contributed by atoms with Crippen LogP contribution in [0, 0.1) is 10.1 Å². The zero-order valence-electron chi connectivity index (χ0n) is 13.5. The number of carbonyl (C=O) groups excluding carboxylic acids is 1. The number of aromatic nitrogens is 1. The molecule has 2 heterocycles. The first kappa shape index (κ1) is 19.1. The first-order chi connectivity index (χ1) is 12.9. The second kappa shape index (κ2) is 8.34. The van der Waals surface area contributed by atoms with Crippen LogP contribution in [0.3, 0.4) is 0 Å². The normalized spacial score (nSPS) is 10.4. The summed E-state index contributed by atoms with van der Waals surface area (Å²) in [6, 6.07) is 9.22. The van der Waals surface area contributed by atoms with E-state index in [-0.39, 0.29) is 34.8 Å². The molecule has 2 aromatic heterocycles. The Kier molecular flexibility index (Phi) is 5.90. The van der Waals surface area contributed by atoms with Gasteiger partial charge in [-0.05, 0) is 23.6 Å². The quantitative estimate of drug-likeness (QED) is 0.434. The number of benzene rings is 1. The number of rotatable bonds is 6. The Balaban J connectivity index is 1.66. The predicted molar refractivity (Wildman–Crippen MR) is 104 cm³/mol. The predicted octanol–water partition coefficient (Wildman–Crippen LogP) is 5.19. The first-order valence-electron chi connectivity index (χ1n) is 7.50. The lowest BCUT2D eigenvalue weighted by Crippen LogP contribution is -2.11. The van der Waals surface area contributed by atoms with E-state index in [2.05, 4.69) is 10.3 Å². The van der Waals surface area contributed by atoms with Gasteiger partial charge in [0, 0.05) is 17.8 Å². The van der Waals surface area contributed by atoms with Crippen molar-refractivity contribution in [2.75, 3.05) is 5.32 Å². The second-order valence-corrected chi connectivity index (χ2v) is 7.03. The molecule has 138 valence electrons. The molecule has 1 aromatic carbocycles. The Labute approximate surface area is 167 Å². The lowest BCUT2D eigenvalue weighted by Gasteiger charge is -2.05. The van der Waals surface area contributed by atoms with Gasteiger partial charge in [0.2, 0.25) is 0 Å². The molecule has 1 N–H and O–H groups in total. The molecule has 1 amide bonds. The molecule has 0 unspecified atom stereocenters. The molecule has 0 spiro atoms. The highest BCUT2D eigenvalue weighted by molar-refractivity contribution is 7.12. The van der Waals surface area contributed by atoms with Gasteiger partial charge in [0.15, 0.2) is 11.6 Å². The Morgan fingerprint density at radius 1 is 1.30 bits per heavy atom. The number of nitrogens with zero attached hydrogens (tertiary/aromatic N) is 2. The Bertz CT molecular complexity index is 1010. The molecular weight excluding hydrogens is 413 g/mol. The van der Waals surface area contributed by atoms with Crippen LogP contribution >= 0.6 is 34.5 Å². The zero-order valence-corrected chi connectivity index (χ0v) is 15.8. The van der Waals surface area contributed by atoms with Gasteiger partial charge in [-0.25, -0.2) is 4.98 Å². The molecule has 27 heavy (non-hydrogen) atoms. The maximum absolute atomic E-state index is 12.3. The monoisotopic (exact) mass is 423 g/mol. The fourth-order valence-electron chi connectivity index (χ4n) is 2.14. The molecule has 0 aliphatic heterocycles. The van der Waals surface area contributed by atoms with Crippen LogP contribution in [-0.2, 0) is 6.61 Å². The SMILES string of the molecule is O=C(Nc1ncc(Cl)cc1Cl)c1cc(COc2ccccc2[N+](=O)[O-])cs1. The minimum absolute atomic E-state index is 0.0918. The summed E-state index contributed by atoms with van der Waals surface area (Å²) in [6.45, 7) is 0.0918. The van der Waals surface area contributed by atoms with Crippen molar-refractivity contribution in [3.8, 4) is 5.75 Å². The summed E-state index contributed by atoms with van der Waals surface area (Å²) in [7, 11) is 0. The Morgan fingerprint density at radius 3 is 2.81 bits per heavy atom. The van der Waals surface area contributed by atoms with Crippen molar-refractivity contribution < 1.29 is 14.5 Å². The van der Waals surface area contributed by atoms with Gasteiger partial charge >= 0.3 is 5.69 Å². The van der Waals surface area contributed by atoms with Gasteiger partial charge in [0.25, 0.3) is 5.91 Å². The van der Waals surface area contributed by atoms with Gasteiger partial charge < -0.3 is 10.1 Å². The zero-order chi connectivity index (χ0) is 19.4. The number of pyridine rings is 1. The average Bonchev–Trinajstić information content (AvgIpc) is 3.11. The van der Waals surface area contributed by atoms with Crippen molar-refractivity contribution >= 4 is 52.0 Å². The Hall–Kier alpha value is -2.68. The summed E-state index contributed by atoms with van der Waals surface area (Å²) in [6.07, 6.45) is 1.38. The number of nitrogens with one attached hydrogen (secondary N) is 1. The van der Waals surface area contributed by atoms with E-state index in [0.29, 0.717) is 15.5 Å². The number of thiophene rings is 1. The van der Waals surface area contributed by atoms with Crippen molar-refractivity contribution in [1.29, 1.82) is 0 Å². The lowest BCUT2D eigenvalue weighted by molar-refractivity contribution is -0.385. The van der Waals surface area contributed by atoms with E-state index in [9.17, 15) is 14.9 Å². The van der Waals surface area contributed by atoms with Crippen LogP contribution in [0.1, 0.15) is 15.2 Å². The highest BCUT2D eigenvalue weighted by Crippen LogP contribution is 2.28. The molecule has 0 atom stereocenters. The number of amides is 1. The van der Waals surface area contributed by atoms with E-state index < -0.39 is 4.92 Å². The van der Waals surface area contributed by atoms with Gasteiger partial charge in [-0.15, -0.1) is 11.3 Å². The van der Waals surface area contributed by atoms with Crippen LogP contribution in [0.4, 0.5) is 11.5 Å². The fourth-order valence-corrected chi connectivity index (χ4v) is 3.36. The highest BCUT2D eigenvalue weighted by Gasteiger charge is 2.16. The van der Waals surface area contributed by atoms with Crippen LogP contribution in [0.15, 0.2) is 48.0 Å². The summed E-state index contributed by atoms with van der Waals surface area (Å²) in [4.78, 5) is 27.2. The molecule has 0 saturated heterocycles. The number of halogens is 2. The number of carbonyl (C=O) groups is 1. The molecule has 0 bridgehead atoms. The van der Waals surface area contributed by atoms with Gasteiger partial charge in [0.05, 0.1) is 19.8 Å². The minimum atomic E-state index is -0.509. The van der Waals surface area contributed by atoms with Gasteiger partial charge in [-0.2, -0.15) is 0 Å². The van der Waals surface area contributed by atoms with Crippen molar-refractivity contribution in [1.82, 2.24) is 4.98 Å². The number of hydrogen-bond acceptors (Lipinski definition) is 6. The van der Waals surface area contributed by atoms with E-state index in [4.69, 9.17) is 27.9 Å². The average molecular weight is 424 g/mol. The van der Waals surface area contributed by atoms with Gasteiger partial charge in [-0.3, -0.25) is 14.9 Å². The van der Waals surface area contributed by atoms with E-state index in [0.717, 1.165) is 0 Å². The largest absolute Gasteiger partial charge is 0.482 e. The molecule has 7 nitrogen and oxygen atoms in total. The van der Waals surface area contributed by atoms with Crippen molar-refractivity contribution in [2.45, 2.75) is 6.61 Å². The van der Waals surface area contributed by atoms with E-state index in [1.807, 2.05) is 0 Å². The maximum atomic E-state index is 12.3. The fraction of sp³-hybridized carbons (Fsp3) is 0.0588. The van der Waals surface area contributed by atoms with Crippen LogP contribution in [-0.4, -0.2) is 15.8 Å². The molecule has 0 saturated carbocycles. The van der Waals surface area contributed by atoms with E-state index in [1.165, 1.54) is 35.7 Å². The smallest absolute Gasteiger partial charge is 0.310 e. The molecule has 0 aliphatic rings. The third kappa shape index (κ3) is 4.73. The summed E-state index contributed by atoms with van der Waals surface area (Å²) in [5.41, 5.74) is 0.590. The number of hydrogen-bond donors (Lipinski definition) is 1. The van der Waals surface area contributed by atoms with Crippen LogP contribution in [0.25, 0.3) is 0 Å². The minimum Gasteiger partial charge on any atom is -0.482 e. The van der Waals surface area contributed by atoms with Gasteiger partial charge in [-0.1, -0.05) is 35.3 Å². The summed E-state index contributed by atoms with van der Waals surface area (Å²) in [5, 5.41) is 15.9. The maximum Gasteiger partial charge on any atom is 0.310 e. The molecule has 3 aromatic rings. The summed E-state index contributed by atoms with van der Waals surface area (Å²) < 4.78 is 5.51. The van der Waals surface area contributed by atoms with Crippen molar-refractivity contribution in [3.63, 3.8) is 0 Å². The number of ether oxygens (including phenoxy) is 1. The standard InChI is InChI=1S/C17H11Cl2N3O4S/c18-11-6-12(19)16(20-7-11)21-17(23)15-5-10(9-27-15)8-26-14-4-2-1-3-13(14)22(24)25/h1-7,9H,8H2,(H,20,21,23). The van der Waals surface area contributed by atoms with Gasteiger partial charge in [0.1, 0.15) is 6.61 Å². The molecule has 3 rings (SSSR count). The third-order valence-electron chi connectivity index (χ3n) is 3.37. The summed E-state index contributed by atoms with van der Waals surface area (Å²) >= 11 is 13.0. The first-order valence-corrected chi connectivity index (χ1v) is 9.13. The number of nitro groups is 1. The highest BCUT2D eigenvalue weighted by atomic mass is 35.5. The van der Waals surface area contributed by atoms with Crippen LogP contribution < -0.4 is 10.1 Å².